The molecule has 0 aliphatic heterocycles. The monoisotopic (exact) mass is 440 g/mol. The maximum atomic E-state index is 12.6. The van der Waals surface area contributed by atoms with Crippen molar-refractivity contribution in [2.24, 2.45) is 0 Å². The van der Waals surface area contributed by atoms with E-state index in [2.05, 4.69) is 15.0 Å². The molecule has 0 fully saturated rings. The third-order valence-corrected chi connectivity index (χ3v) is 4.84. The number of nitrogens with one attached hydrogen (secondary N) is 1. The van der Waals surface area contributed by atoms with Gasteiger partial charge >= 0.3 is 6.61 Å². The number of halogens is 3. The van der Waals surface area contributed by atoms with Gasteiger partial charge in [-0.25, -0.2) is 4.98 Å². The van der Waals surface area contributed by atoms with E-state index in [-0.39, 0.29) is 21.5 Å². The summed E-state index contributed by atoms with van der Waals surface area (Å²) in [6.07, 6.45) is 0. The largest absolute Gasteiger partial charge is 0.493 e. The first kappa shape index (κ1) is 20.8. The molecule has 0 aliphatic carbocycles. The van der Waals surface area contributed by atoms with Gasteiger partial charge in [0.05, 0.1) is 24.9 Å². The molecule has 29 heavy (non-hydrogen) atoms. The molecular formula is C19H15ClF2N2O4S. The minimum absolute atomic E-state index is 0.00245. The van der Waals surface area contributed by atoms with Crippen LogP contribution in [0.1, 0.15) is 10.4 Å². The van der Waals surface area contributed by atoms with Crippen molar-refractivity contribution in [1.82, 2.24) is 4.98 Å². The SMILES string of the molecule is COc1cc(C(=O)Nc2nc(-c3ccccc3OC(F)F)cs2)cc(Cl)c1OC. The number of carbonyl (C=O) groups is 1. The van der Waals surface area contributed by atoms with Crippen LogP contribution in [0.2, 0.25) is 5.02 Å². The van der Waals surface area contributed by atoms with Crippen LogP contribution in [0.25, 0.3) is 11.3 Å². The molecule has 0 radical (unpaired) electrons. The Labute approximate surface area is 174 Å². The Bertz CT molecular complexity index is 1030. The number of anilines is 1. The molecule has 3 aromatic rings. The van der Waals surface area contributed by atoms with Crippen molar-refractivity contribution in [2.75, 3.05) is 19.5 Å². The van der Waals surface area contributed by atoms with E-state index in [1.807, 2.05) is 0 Å². The molecule has 0 bridgehead atoms. The van der Waals surface area contributed by atoms with Gasteiger partial charge in [0, 0.05) is 16.5 Å². The summed E-state index contributed by atoms with van der Waals surface area (Å²) in [6, 6.07) is 9.21. The number of benzene rings is 2. The summed E-state index contributed by atoms with van der Waals surface area (Å²) >= 11 is 7.27. The van der Waals surface area contributed by atoms with Gasteiger partial charge in [-0.05, 0) is 24.3 Å². The third-order valence-electron chi connectivity index (χ3n) is 3.80. The Morgan fingerprint density at radius 3 is 2.62 bits per heavy atom. The second-order valence-corrected chi connectivity index (χ2v) is 6.83. The predicted molar refractivity (Wildman–Crippen MR) is 107 cm³/mol. The quantitative estimate of drug-likeness (QED) is 0.537. The van der Waals surface area contributed by atoms with E-state index in [0.29, 0.717) is 22.8 Å². The number of amides is 1. The molecule has 0 atom stereocenters. The molecular weight excluding hydrogens is 426 g/mol. The summed E-state index contributed by atoms with van der Waals surface area (Å²) < 4.78 is 40.1. The molecule has 2 aromatic carbocycles. The molecule has 1 amide bonds. The van der Waals surface area contributed by atoms with Crippen molar-refractivity contribution in [1.29, 1.82) is 0 Å². The summed E-state index contributed by atoms with van der Waals surface area (Å²) in [4.78, 5) is 16.9. The Morgan fingerprint density at radius 1 is 1.17 bits per heavy atom. The van der Waals surface area contributed by atoms with Crippen molar-refractivity contribution in [3.8, 4) is 28.5 Å². The smallest absolute Gasteiger partial charge is 0.387 e. The fourth-order valence-electron chi connectivity index (χ4n) is 2.55. The molecule has 0 saturated heterocycles. The van der Waals surface area contributed by atoms with Gasteiger partial charge in [0.2, 0.25) is 0 Å². The predicted octanol–water partition coefficient (Wildman–Crippen LogP) is 5.33. The topological polar surface area (TPSA) is 69.7 Å². The number of methoxy groups -OCH3 is 2. The minimum Gasteiger partial charge on any atom is -0.493 e. The van der Waals surface area contributed by atoms with Crippen molar-refractivity contribution in [3.63, 3.8) is 0 Å². The normalized spacial score (nSPS) is 10.7. The van der Waals surface area contributed by atoms with E-state index in [1.165, 1.54) is 32.4 Å². The van der Waals surface area contributed by atoms with Crippen LogP contribution in [0.4, 0.5) is 13.9 Å². The van der Waals surface area contributed by atoms with E-state index < -0.39 is 12.5 Å². The van der Waals surface area contributed by atoms with Gasteiger partial charge in [0.1, 0.15) is 5.75 Å². The zero-order valence-corrected chi connectivity index (χ0v) is 16.8. The summed E-state index contributed by atoms with van der Waals surface area (Å²) in [5.74, 6) is 0.157. The molecule has 1 N–H and O–H groups in total. The van der Waals surface area contributed by atoms with Crippen LogP contribution < -0.4 is 19.5 Å². The third kappa shape index (κ3) is 4.75. The number of nitrogens with zero attached hydrogens (tertiary/aromatic N) is 1. The van der Waals surface area contributed by atoms with E-state index in [9.17, 15) is 13.6 Å². The molecule has 152 valence electrons. The van der Waals surface area contributed by atoms with Crippen molar-refractivity contribution >= 4 is 34.0 Å². The number of hydrogen-bond donors (Lipinski definition) is 1. The summed E-state index contributed by atoms with van der Waals surface area (Å²) in [5.41, 5.74) is 1.02. The molecule has 0 aliphatic rings. The first-order chi connectivity index (χ1) is 13.9. The number of carbonyl (C=O) groups excluding carboxylic acids is 1. The van der Waals surface area contributed by atoms with Crippen LogP contribution >= 0.6 is 22.9 Å². The molecule has 3 rings (SSSR count). The number of para-hydroxylation sites is 1. The lowest BCUT2D eigenvalue weighted by Crippen LogP contribution is -2.12. The maximum Gasteiger partial charge on any atom is 0.387 e. The Balaban J connectivity index is 1.83. The number of thiazole rings is 1. The molecule has 1 aromatic heterocycles. The van der Waals surface area contributed by atoms with E-state index in [0.717, 1.165) is 11.3 Å². The standard InChI is InChI=1S/C19H15ClF2N2O4S/c1-26-15-8-10(7-12(20)16(15)27-2)17(25)24-19-23-13(9-29-19)11-5-3-4-6-14(11)28-18(21)22/h3-9,18H,1-2H3,(H,23,24,25). The molecule has 6 nitrogen and oxygen atoms in total. The highest BCUT2D eigenvalue weighted by molar-refractivity contribution is 7.14. The Kier molecular flexibility index (Phi) is 6.50. The second-order valence-electron chi connectivity index (χ2n) is 5.56. The zero-order valence-electron chi connectivity index (χ0n) is 15.2. The number of aromatic nitrogens is 1. The summed E-state index contributed by atoms with van der Waals surface area (Å²) in [5, 5.41) is 4.78. The lowest BCUT2D eigenvalue weighted by molar-refractivity contribution is -0.0494. The van der Waals surface area contributed by atoms with Gasteiger partial charge in [0.15, 0.2) is 16.6 Å². The van der Waals surface area contributed by atoms with E-state index >= 15 is 0 Å². The zero-order chi connectivity index (χ0) is 21.0. The highest BCUT2D eigenvalue weighted by atomic mass is 35.5. The van der Waals surface area contributed by atoms with Gasteiger partial charge in [-0.15, -0.1) is 11.3 Å². The van der Waals surface area contributed by atoms with E-state index in [1.54, 1.807) is 23.6 Å². The number of alkyl halides is 2. The van der Waals surface area contributed by atoms with Crippen LogP contribution in [0.5, 0.6) is 17.2 Å². The molecule has 0 saturated carbocycles. The van der Waals surface area contributed by atoms with Crippen LogP contribution in [-0.2, 0) is 0 Å². The average molecular weight is 441 g/mol. The fourth-order valence-corrected chi connectivity index (χ4v) is 3.54. The maximum absolute atomic E-state index is 12.6. The van der Waals surface area contributed by atoms with Crippen LogP contribution in [0.3, 0.4) is 0 Å². The van der Waals surface area contributed by atoms with Gasteiger partial charge in [0.25, 0.3) is 5.91 Å². The minimum atomic E-state index is -2.95. The second kappa shape index (κ2) is 9.06. The lowest BCUT2D eigenvalue weighted by atomic mass is 10.1. The van der Waals surface area contributed by atoms with Gasteiger partial charge in [-0.1, -0.05) is 23.7 Å². The number of rotatable bonds is 7. The van der Waals surface area contributed by atoms with E-state index in [4.69, 9.17) is 21.1 Å². The Hall–Kier alpha value is -2.91. The van der Waals surface area contributed by atoms with Gasteiger partial charge in [-0.3, -0.25) is 10.1 Å². The van der Waals surface area contributed by atoms with Gasteiger partial charge in [-0.2, -0.15) is 8.78 Å². The number of hydrogen-bond acceptors (Lipinski definition) is 6. The Morgan fingerprint density at radius 2 is 1.93 bits per heavy atom. The molecule has 1 heterocycles. The van der Waals surface area contributed by atoms with Crippen LogP contribution in [0, 0.1) is 0 Å². The van der Waals surface area contributed by atoms with Crippen molar-refractivity contribution in [3.05, 3.63) is 52.4 Å². The first-order valence-electron chi connectivity index (χ1n) is 8.15. The first-order valence-corrected chi connectivity index (χ1v) is 9.41. The highest BCUT2D eigenvalue weighted by Crippen LogP contribution is 2.37. The van der Waals surface area contributed by atoms with Crippen molar-refractivity contribution < 1.29 is 27.8 Å². The van der Waals surface area contributed by atoms with Crippen molar-refractivity contribution in [2.45, 2.75) is 6.61 Å². The van der Waals surface area contributed by atoms with Crippen LogP contribution in [-0.4, -0.2) is 31.7 Å². The lowest BCUT2D eigenvalue weighted by Gasteiger charge is -2.11. The average Bonchev–Trinajstić information content (AvgIpc) is 3.15. The molecule has 0 unspecified atom stereocenters. The number of ether oxygens (including phenoxy) is 3. The van der Waals surface area contributed by atoms with Gasteiger partial charge < -0.3 is 14.2 Å². The summed E-state index contributed by atoms with van der Waals surface area (Å²) in [6.45, 7) is -2.95. The fraction of sp³-hybridized carbons (Fsp3) is 0.158. The molecule has 10 heteroatoms. The highest BCUT2D eigenvalue weighted by Gasteiger charge is 2.18. The molecule has 0 spiro atoms. The van der Waals surface area contributed by atoms with Crippen LogP contribution in [0.15, 0.2) is 41.8 Å². The summed E-state index contributed by atoms with van der Waals surface area (Å²) in [7, 11) is 2.87.